The van der Waals surface area contributed by atoms with Gasteiger partial charge in [-0.25, -0.2) is 9.97 Å². The molecule has 3 rings (SSSR count). The van der Waals surface area contributed by atoms with Crippen molar-refractivity contribution in [2.75, 3.05) is 0 Å². The van der Waals surface area contributed by atoms with Gasteiger partial charge in [0.25, 0.3) is 0 Å². The lowest BCUT2D eigenvalue weighted by Crippen LogP contribution is -2.12. The molecule has 112 valence electrons. The summed E-state index contributed by atoms with van der Waals surface area (Å²) < 4.78 is 39.8. The molecule has 3 aromatic heterocycles. The molecular formula is C13H14F3N5. The lowest BCUT2D eigenvalue weighted by molar-refractivity contribution is -0.145. The van der Waals surface area contributed by atoms with Crippen LogP contribution >= 0.6 is 0 Å². The van der Waals surface area contributed by atoms with E-state index in [0.29, 0.717) is 12.1 Å². The molecule has 0 aliphatic carbocycles. The molecule has 0 N–H and O–H groups in total. The molecule has 0 saturated heterocycles. The summed E-state index contributed by atoms with van der Waals surface area (Å²) in [5, 5.41) is 6.85. The molecule has 0 aliphatic rings. The monoisotopic (exact) mass is 297 g/mol. The van der Waals surface area contributed by atoms with E-state index < -0.39 is 12.0 Å². The standard InChI is InChI=1S/C11H8F3N5.C2H6/c1-2-6-9-17-18-10(11(12,13)14)19(9)7-4-3-5-15-8(7)16-6;1-2/h3-5H,2H2,1H3;1-2H3. The number of alkyl halides is 3. The highest BCUT2D eigenvalue weighted by molar-refractivity contribution is 5.74. The van der Waals surface area contributed by atoms with Crippen molar-refractivity contribution in [2.24, 2.45) is 0 Å². The van der Waals surface area contributed by atoms with E-state index in [-0.39, 0.29) is 16.8 Å². The van der Waals surface area contributed by atoms with Crippen LogP contribution in [0.15, 0.2) is 18.3 Å². The lowest BCUT2D eigenvalue weighted by Gasteiger charge is -2.08. The number of hydrogen-bond donors (Lipinski definition) is 0. The van der Waals surface area contributed by atoms with E-state index in [9.17, 15) is 13.2 Å². The topological polar surface area (TPSA) is 56.0 Å². The summed E-state index contributed by atoms with van der Waals surface area (Å²) in [6, 6.07) is 3.07. The fraction of sp³-hybridized carbons (Fsp3) is 0.385. The van der Waals surface area contributed by atoms with E-state index in [1.165, 1.54) is 12.3 Å². The lowest BCUT2D eigenvalue weighted by atomic mass is 10.3. The highest BCUT2D eigenvalue weighted by Crippen LogP contribution is 2.30. The maximum atomic E-state index is 13.0. The van der Waals surface area contributed by atoms with Crippen LogP contribution in [0.2, 0.25) is 0 Å². The van der Waals surface area contributed by atoms with Crippen molar-refractivity contribution in [1.29, 1.82) is 0 Å². The molecular weight excluding hydrogens is 283 g/mol. The number of halogens is 3. The van der Waals surface area contributed by atoms with Gasteiger partial charge in [0.1, 0.15) is 0 Å². The van der Waals surface area contributed by atoms with Crippen molar-refractivity contribution in [3.8, 4) is 0 Å². The van der Waals surface area contributed by atoms with Gasteiger partial charge in [0, 0.05) is 6.20 Å². The molecule has 5 nitrogen and oxygen atoms in total. The molecule has 0 saturated carbocycles. The second-order valence-corrected chi connectivity index (χ2v) is 3.94. The second-order valence-electron chi connectivity index (χ2n) is 3.94. The van der Waals surface area contributed by atoms with Crippen LogP contribution in [0.3, 0.4) is 0 Å². The Balaban J connectivity index is 0.000000774. The third-order valence-corrected chi connectivity index (χ3v) is 2.76. The Morgan fingerprint density at radius 2 is 1.90 bits per heavy atom. The van der Waals surface area contributed by atoms with E-state index in [2.05, 4.69) is 20.2 Å². The summed E-state index contributed by atoms with van der Waals surface area (Å²) in [5.41, 5.74) is 1.05. The van der Waals surface area contributed by atoms with Crippen LogP contribution in [0.4, 0.5) is 13.2 Å². The number of aryl methyl sites for hydroxylation is 1. The van der Waals surface area contributed by atoms with Crippen molar-refractivity contribution in [3.05, 3.63) is 29.8 Å². The number of hydrogen-bond acceptors (Lipinski definition) is 4. The number of pyridine rings is 1. The average molecular weight is 297 g/mol. The molecule has 0 unspecified atom stereocenters. The molecule has 0 bridgehead atoms. The normalized spacial score (nSPS) is 11.5. The predicted molar refractivity (Wildman–Crippen MR) is 71.8 cm³/mol. The van der Waals surface area contributed by atoms with Gasteiger partial charge in [-0.05, 0) is 18.6 Å². The van der Waals surface area contributed by atoms with Gasteiger partial charge in [0.2, 0.25) is 5.82 Å². The minimum atomic E-state index is -4.57. The molecule has 8 heteroatoms. The van der Waals surface area contributed by atoms with Crippen LogP contribution in [-0.2, 0) is 12.6 Å². The molecule has 0 radical (unpaired) electrons. The molecule has 3 heterocycles. The zero-order chi connectivity index (χ0) is 15.6. The Kier molecular flexibility index (Phi) is 4.06. The zero-order valence-corrected chi connectivity index (χ0v) is 11.8. The van der Waals surface area contributed by atoms with Gasteiger partial charge in [-0.15, -0.1) is 10.2 Å². The third-order valence-electron chi connectivity index (χ3n) is 2.76. The first kappa shape index (κ1) is 15.1. The first-order valence-electron chi connectivity index (χ1n) is 6.58. The molecule has 0 spiro atoms. The highest BCUT2D eigenvalue weighted by atomic mass is 19.4. The van der Waals surface area contributed by atoms with E-state index >= 15 is 0 Å². The van der Waals surface area contributed by atoms with Gasteiger partial charge in [-0.2, -0.15) is 13.2 Å². The highest BCUT2D eigenvalue weighted by Gasteiger charge is 2.38. The fourth-order valence-electron chi connectivity index (χ4n) is 1.95. The zero-order valence-electron chi connectivity index (χ0n) is 11.8. The Hall–Kier alpha value is -2.25. The first-order chi connectivity index (χ1) is 10.0. The van der Waals surface area contributed by atoms with Crippen molar-refractivity contribution in [3.63, 3.8) is 0 Å². The molecule has 0 atom stereocenters. The summed E-state index contributed by atoms with van der Waals surface area (Å²) in [5.74, 6) is -1.06. The smallest absolute Gasteiger partial charge is 0.266 e. The van der Waals surface area contributed by atoms with Gasteiger partial charge in [0.15, 0.2) is 11.3 Å². The van der Waals surface area contributed by atoms with Crippen molar-refractivity contribution < 1.29 is 13.2 Å². The van der Waals surface area contributed by atoms with Gasteiger partial charge in [0.05, 0.1) is 11.2 Å². The summed E-state index contributed by atoms with van der Waals surface area (Å²) in [6.07, 6.45) is -2.64. The van der Waals surface area contributed by atoms with Crippen molar-refractivity contribution >= 4 is 16.8 Å². The largest absolute Gasteiger partial charge is 0.452 e. The van der Waals surface area contributed by atoms with Crippen LogP contribution in [0.1, 0.15) is 32.3 Å². The van der Waals surface area contributed by atoms with E-state index in [1.54, 1.807) is 13.0 Å². The molecule has 21 heavy (non-hydrogen) atoms. The van der Waals surface area contributed by atoms with Gasteiger partial charge in [-0.3, -0.25) is 4.40 Å². The molecule has 0 amide bonds. The SMILES string of the molecule is CC.CCc1nc2ncccc2n2c(C(F)(F)F)nnc12. The Morgan fingerprint density at radius 1 is 1.19 bits per heavy atom. The maximum Gasteiger partial charge on any atom is 0.452 e. The van der Waals surface area contributed by atoms with Gasteiger partial charge < -0.3 is 0 Å². The summed E-state index contributed by atoms with van der Waals surface area (Å²) >= 11 is 0. The van der Waals surface area contributed by atoms with Crippen molar-refractivity contribution in [1.82, 2.24) is 24.6 Å². The quantitative estimate of drug-likeness (QED) is 0.691. The number of fused-ring (bicyclic) bond motifs is 3. The van der Waals surface area contributed by atoms with Crippen LogP contribution in [0.25, 0.3) is 16.8 Å². The third kappa shape index (κ3) is 2.53. The minimum Gasteiger partial charge on any atom is -0.266 e. The molecule has 0 fully saturated rings. The average Bonchev–Trinajstić information content (AvgIpc) is 2.94. The van der Waals surface area contributed by atoms with E-state index in [0.717, 1.165) is 4.40 Å². The van der Waals surface area contributed by atoms with Crippen LogP contribution in [0.5, 0.6) is 0 Å². The van der Waals surface area contributed by atoms with E-state index in [1.807, 2.05) is 13.8 Å². The van der Waals surface area contributed by atoms with Crippen molar-refractivity contribution in [2.45, 2.75) is 33.4 Å². The van der Waals surface area contributed by atoms with Crippen LogP contribution in [0, 0.1) is 0 Å². The molecule has 3 aromatic rings. The van der Waals surface area contributed by atoms with Gasteiger partial charge >= 0.3 is 6.18 Å². The second kappa shape index (κ2) is 5.63. The minimum absolute atomic E-state index is 0.121. The number of rotatable bonds is 1. The predicted octanol–water partition coefficient (Wildman–Crippen LogP) is 3.28. The number of aromatic nitrogens is 5. The number of nitrogens with zero attached hydrogens (tertiary/aromatic N) is 5. The van der Waals surface area contributed by atoms with E-state index in [4.69, 9.17) is 0 Å². The Labute approximate surface area is 118 Å². The molecule has 0 aromatic carbocycles. The Bertz CT molecular complexity index is 763. The fourth-order valence-corrected chi connectivity index (χ4v) is 1.95. The van der Waals surface area contributed by atoms with Gasteiger partial charge in [-0.1, -0.05) is 20.8 Å². The Morgan fingerprint density at radius 3 is 2.52 bits per heavy atom. The summed E-state index contributed by atoms with van der Waals surface area (Å²) in [4.78, 5) is 8.20. The van der Waals surface area contributed by atoms with Crippen LogP contribution < -0.4 is 0 Å². The molecule has 0 aliphatic heterocycles. The summed E-state index contributed by atoms with van der Waals surface area (Å²) in [6.45, 7) is 5.79. The maximum absolute atomic E-state index is 13.0. The summed E-state index contributed by atoms with van der Waals surface area (Å²) in [7, 11) is 0. The van der Waals surface area contributed by atoms with Crippen LogP contribution in [-0.4, -0.2) is 24.6 Å². The first-order valence-corrected chi connectivity index (χ1v) is 6.58.